The number of nitrogens with zero attached hydrogens (tertiary/aromatic N) is 1. The number of carbonyl (C=O) groups excluding carboxylic acids is 1. The lowest BCUT2D eigenvalue weighted by Gasteiger charge is -2.50. The van der Waals surface area contributed by atoms with Crippen molar-refractivity contribution in [2.45, 2.75) is 36.9 Å². The Labute approximate surface area is 123 Å². The third-order valence-corrected chi connectivity index (χ3v) is 6.20. The first-order valence-electron chi connectivity index (χ1n) is 7.52. The van der Waals surface area contributed by atoms with Crippen LogP contribution in [0, 0.1) is 5.92 Å². The number of ether oxygens (including phenoxy) is 1. The van der Waals surface area contributed by atoms with Crippen LogP contribution < -0.4 is 4.74 Å². The molecule has 1 fully saturated rings. The number of aromatic hydroxyl groups is 1. The van der Waals surface area contributed by atoms with E-state index in [0.29, 0.717) is 17.8 Å². The number of piperidine rings is 1. The molecule has 4 aliphatic rings. The summed E-state index contributed by atoms with van der Waals surface area (Å²) in [6.07, 6.45) is 4.18. The fourth-order valence-electron chi connectivity index (χ4n) is 5.20. The van der Waals surface area contributed by atoms with Crippen LogP contribution in [-0.2, 0) is 10.2 Å². The minimum atomic E-state index is -0.462. The van der Waals surface area contributed by atoms with E-state index in [1.54, 1.807) is 12.1 Å². The molecule has 5 rings (SSSR count). The van der Waals surface area contributed by atoms with Crippen LogP contribution in [0.4, 0.5) is 0 Å². The Morgan fingerprint density at radius 3 is 3.05 bits per heavy atom. The zero-order chi connectivity index (χ0) is 14.5. The molecule has 2 aliphatic carbocycles. The van der Waals surface area contributed by atoms with Gasteiger partial charge in [0.15, 0.2) is 23.4 Å². The van der Waals surface area contributed by atoms with Gasteiger partial charge in [0.05, 0.1) is 5.41 Å². The molecule has 0 amide bonds. The van der Waals surface area contributed by atoms with E-state index in [1.165, 1.54) is 5.56 Å². The molecule has 1 N–H and O–H groups in total. The molecule has 4 heteroatoms. The highest BCUT2D eigenvalue weighted by Crippen LogP contribution is 2.67. The summed E-state index contributed by atoms with van der Waals surface area (Å²) in [6.45, 7) is 2.22. The number of phenols is 1. The molecule has 1 aromatic rings. The molecule has 108 valence electrons. The van der Waals surface area contributed by atoms with Crippen molar-refractivity contribution in [2.75, 3.05) is 7.05 Å². The number of hydrogen-bond donors (Lipinski definition) is 1. The summed E-state index contributed by atoms with van der Waals surface area (Å²) in [6, 6.07) is 4.37. The van der Waals surface area contributed by atoms with Gasteiger partial charge in [-0.2, -0.15) is 0 Å². The molecule has 0 saturated carbocycles. The largest absolute Gasteiger partial charge is 0.504 e. The maximum atomic E-state index is 12.4. The van der Waals surface area contributed by atoms with Gasteiger partial charge in [0.1, 0.15) is 0 Å². The maximum absolute atomic E-state index is 12.4. The van der Waals surface area contributed by atoms with Crippen molar-refractivity contribution in [3.8, 4) is 11.5 Å². The van der Waals surface area contributed by atoms with Gasteiger partial charge >= 0.3 is 0 Å². The summed E-state index contributed by atoms with van der Waals surface area (Å²) in [7, 11) is 2.16. The van der Waals surface area contributed by atoms with Crippen molar-refractivity contribution >= 4 is 5.78 Å². The minimum Gasteiger partial charge on any atom is -0.504 e. The normalized spacial score (nSPS) is 42.1. The number of benzene rings is 1. The number of carbonyl (C=O) groups is 1. The highest BCUT2D eigenvalue weighted by atomic mass is 16.5. The van der Waals surface area contributed by atoms with E-state index in [4.69, 9.17) is 4.74 Å². The Morgan fingerprint density at radius 2 is 2.24 bits per heavy atom. The van der Waals surface area contributed by atoms with Crippen LogP contribution in [0.1, 0.15) is 30.5 Å². The Morgan fingerprint density at radius 1 is 1.43 bits per heavy atom. The predicted octanol–water partition coefficient (Wildman–Crippen LogP) is 1.92. The number of phenolic OH excluding ortho intramolecular Hbond substituents is 1. The summed E-state index contributed by atoms with van der Waals surface area (Å²) in [4.78, 5) is 14.8. The standard InChI is InChI=1S/C17H17NO3/c1-8-10-4-6-13(20)16-17(10)7-11(18(8)2)9-3-5-12(19)15(21-16)14(9)17/h3-6,8,10-11,16,19H,7H2,1-2H3/t8?,10?,11?,16-,17-/m0/s1. The van der Waals surface area contributed by atoms with Crippen molar-refractivity contribution in [1.29, 1.82) is 0 Å². The van der Waals surface area contributed by atoms with Crippen molar-refractivity contribution in [3.63, 3.8) is 0 Å². The van der Waals surface area contributed by atoms with Gasteiger partial charge in [-0.25, -0.2) is 0 Å². The quantitative estimate of drug-likeness (QED) is 0.790. The molecule has 2 heterocycles. The average Bonchev–Trinajstić information content (AvgIpc) is 2.95. The Bertz CT molecular complexity index is 725. The summed E-state index contributed by atoms with van der Waals surface area (Å²) < 4.78 is 5.96. The lowest BCUT2D eigenvalue weighted by atomic mass is 9.60. The van der Waals surface area contributed by atoms with Crippen LogP contribution in [0.5, 0.6) is 11.5 Å². The molecule has 1 spiro atoms. The molecular formula is C17H17NO3. The molecule has 2 bridgehead atoms. The molecule has 1 saturated heterocycles. The molecule has 2 aliphatic heterocycles. The Hall–Kier alpha value is -1.81. The second-order valence-corrected chi connectivity index (χ2v) is 6.83. The van der Waals surface area contributed by atoms with E-state index in [-0.39, 0.29) is 22.9 Å². The molecule has 5 atom stereocenters. The van der Waals surface area contributed by atoms with Crippen LogP contribution in [0.25, 0.3) is 0 Å². The predicted molar refractivity (Wildman–Crippen MR) is 76.4 cm³/mol. The van der Waals surface area contributed by atoms with Gasteiger partial charge < -0.3 is 9.84 Å². The van der Waals surface area contributed by atoms with Gasteiger partial charge in [0.25, 0.3) is 0 Å². The second-order valence-electron chi connectivity index (χ2n) is 6.83. The van der Waals surface area contributed by atoms with Crippen molar-refractivity contribution in [3.05, 3.63) is 35.4 Å². The smallest absolute Gasteiger partial charge is 0.196 e. The molecule has 0 radical (unpaired) electrons. The summed E-state index contributed by atoms with van der Waals surface area (Å²) >= 11 is 0. The van der Waals surface area contributed by atoms with Gasteiger partial charge in [-0.15, -0.1) is 0 Å². The van der Waals surface area contributed by atoms with Crippen molar-refractivity contribution < 1.29 is 14.6 Å². The lowest BCUT2D eigenvalue weighted by molar-refractivity contribution is -0.127. The van der Waals surface area contributed by atoms with Gasteiger partial charge in [0.2, 0.25) is 0 Å². The van der Waals surface area contributed by atoms with Gasteiger partial charge in [-0.3, -0.25) is 9.69 Å². The van der Waals surface area contributed by atoms with Crippen LogP contribution >= 0.6 is 0 Å². The molecule has 1 aromatic carbocycles. The SMILES string of the molecule is CC1C2C=CC(=O)[C@@H]3Oc4c(O)ccc5c4[C@]23CC5N1C. The molecular weight excluding hydrogens is 266 g/mol. The van der Waals surface area contributed by atoms with E-state index in [2.05, 4.69) is 24.9 Å². The number of rotatable bonds is 0. The van der Waals surface area contributed by atoms with Gasteiger partial charge in [-0.05, 0) is 38.1 Å². The highest BCUT2D eigenvalue weighted by molar-refractivity contribution is 5.98. The number of likely N-dealkylation sites (tertiary alicyclic amines) is 1. The van der Waals surface area contributed by atoms with Crippen LogP contribution in [-0.4, -0.2) is 35.0 Å². The third kappa shape index (κ3) is 1.06. The molecule has 21 heavy (non-hydrogen) atoms. The maximum Gasteiger partial charge on any atom is 0.196 e. The Kier molecular flexibility index (Phi) is 1.87. The first-order chi connectivity index (χ1) is 10.1. The van der Waals surface area contributed by atoms with E-state index >= 15 is 0 Å². The average molecular weight is 283 g/mol. The number of ketones is 1. The lowest BCUT2D eigenvalue weighted by Crippen LogP contribution is -2.58. The summed E-state index contributed by atoms with van der Waals surface area (Å²) in [5.74, 6) is 0.993. The first-order valence-corrected chi connectivity index (χ1v) is 7.52. The Balaban J connectivity index is 1.89. The zero-order valence-corrected chi connectivity index (χ0v) is 12.0. The fraction of sp³-hybridized carbons (Fsp3) is 0.471. The summed E-state index contributed by atoms with van der Waals surface area (Å²) in [5.41, 5.74) is 2.05. The van der Waals surface area contributed by atoms with E-state index in [1.807, 2.05) is 6.07 Å². The van der Waals surface area contributed by atoms with Crippen LogP contribution in [0.15, 0.2) is 24.3 Å². The molecule has 4 nitrogen and oxygen atoms in total. The van der Waals surface area contributed by atoms with Crippen molar-refractivity contribution in [2.24, 2.45) is 5.92 Å². The monoisotopic (exact) mass is 283 g/mol. The topological polar surface area (TPSA) is 49.8 Å². The van der Waals surface area contributed by atoms with Crippen molar-refractivity contribution in [1.82, 2.24) is 4.90 Å². The van der Waals surface area contributed by atoms with Gasteiger partial charge in [0, 0.05) is 23.6 Å². The van der Waals surface area contributed by atoms with E-state index in [9.17, 15) is 9.90 Å². The third-order valence-electron chi connectivity index (χ3n) is 6.20. The van der Waals surface area contributed by atoms with Gasteiger partial charge in [-0.1, -0.05) is 12.1 Å². The second kappa shape index (κ2) is 3.33. The van der Waals surface area contributed by atoms with Crippen LogP contribution in [0.2, 0.25) is 0 Å². The highest BCUT2D eigenvalue weighted by Gasteiger charge is 2.67. The van der Waals surface area contributed by atoms with Crippen LogP contribution in [0.3, 0.4) is 0 Å². The number of hydrogen-bond acceptors (Lipinski definition) is 4. The first kappa shape index (κ1) is 11.8. The fourth-order valence-corrected chi connectivity index (χ4v) is 5.20. The zero-order valence-electron chi connectivity index (χ0n) is 12.0. The molecule has 0 aromatic heterocycles. The van der Waals surface area contributed by atoms with E-state index in [0.717, 1.165) is 12.0 Å². The molecule has 3 unspecified atom stereocenters. The minimum absolute atomic E-state index is 0.0326. The summed E-state index contributed by atoms with van der Waals surface area (Å²) in [5, 5.41) is 10.2. The van der Waals surface area contributed by atoms with E-state index < -0.39 is 6.10 Å². The number of fused-ring (bicyclic) bond motifs is 2.